The number of alkyl halides is 6. The lowest BCUT2D eigenvalue weighted by Gasteiger charge is -2.15. The largest absolute Gasteiger partial charge is 0.489 e. The first kappa shape index (κ1) is 28.4. The van der Waals surface area contributed by atoms with Gasteiger partial charge >= 0.3 is 18.3 Å². The highest BCUT2D eigenvalue weighted by molar-refractivity contribution is 6.43. The van der Waals surface area contributed by atoms with Gasteiger partial charge in [-0.3, -0.25) is 0 Å². The molecule has 12 heteroatoms. The number of esters is 1. The minimum atomic E-state index is -4.96. The second-order valence-corrected chi connectivity index (χ2v) is 7.74. The van der Waals surface area contributed by atoms with Crippen molar-refractivity contribution in [2.75, 3.05) is 14.2 Å². The van der Waals surface area contributed by atoms with E-state index in [0.717, 1.165) is 0 Å². The SMILES string of the molecule is CO/N=C(/C(=O)OC)c1ccccc1COc1cccc(OCc2cc(C(F)(F)F)cc(C(F)(F)F)c2)c1. The van der Waals surface area contributed by atoms with Crippen molar-refractivity contribution >= 4 is 11.7 Å². The molecule has 0 saturated carbocycles. The maximum absolute atomic E-state index is 13.1. The minimum absolute atomic E-state index is 0.0259. The maximum atomic E-state index is 13.1. The molecule has 0 aliphatic carbocycles. The van der Waals surface area contributed by atoms with E-state index >= 15 is 0 Å². The summed E-state index contributed by atoms with van der Waals surface area (Å²) in [6.07, 6.45) is -9.91. The van der Waals surface area contributed by atoms with Crippen LogP contribution in [0.25, 0.3) is 0 Å². The smallest absolute Gasteiger partial charge is 0.416 e. The molecule has 0 bridgehead atoms. The molecule has 0 aliphatic heterocycles. The van der Waals surface area contributed by atoms with Gasteiger partial charge in [0.15, 0.2) is 5.71 Å². The summed E-state index contributed by atoms with van der Waals surface area (Å²) >= 11 is 0. The number of halogens is 6. The third kappa shape index (κ3) is 7.40. The van der Waals surface area contributed by atoms with Gasteiger partial charge in [0.25, 0.3) is 0 Å². The molecule has 0 aromatic heterocycles. The van der Waals surface area contributed by atoms with Crippen LogP contribution in [-0.4, -0.2) is 25.9 Å². The summed E-state index contributed by atoms with van der Waals surface area (Å²) in [5.74, 6) is -0.281. The molecule has 0 unspecified atom stereocenters. The number of ether oxygens (including phenoxy) is 3. The monoisotopic (exact) mass is 541 g/mol. The Bertz CT molecular complexity index is 1270. The molecule has 38 heavy (non-hydrogen) atoms. The van der Waals surface area contributed by atoms with E-state index in [0.29, 0.717) is 29.0 Å². The van der Waals surface area contributed by atoms with Gasteiger partial charge in [-0.25, -0.2) is 4.79 Å². The van der Waals surface area contributed by atoms with Crippen LogP contribution in [0.4, 0.5) is 26.3 Å². The van der Waals surface area contributed by atoms with Crippen molar-refractivity contribution in [2.24, 2.45) is 5.16 Å². The Morgan fingerprint density at radius 2 is 1.34 bits per heavy atom. The molecular formula is C26H21F6NO5. The Morgan fingerprint density at radius 1 is 0.763 bits per heavy atom. The van der Waals surface area contributed by atoms with Crippen LogP contribution in [0.2, 0.25) is 0 Å². The highest BCUT2D eigenvalue weighted by atomic mass is 19.4. The Hall–Kier alpha value is -4.22. The first-order valence-electron chi connectivity index (χ1n) is 10.8. The third-order valence-corrected chi connectivity index (χ3v) is 5.09. The van der Waals surface area contributed by atoms with Gasteiger partial charge in [0.1, 0.15) is 31.8 Å². The van der Waals surface area contributed by atoms with Gasteiger partial charge in [-0.15, -0.1) is 0 Å². The van der Waals surface area contributed by atoms with Gasteiger partial charge in [0.2, 0.25) is 0 Å². The number of hydrogen-bond donors (Lipinski definition) is 0. The fourth-order valence-corrected chi connectivity index (χ4v) is 3.35. The van der Waals surface area contributed by atoms with Gasteiger partial charge in [-0.2, -0.15) is 26.3 Å². The lowest BCUT2D eigenvalue weighted by molar-refractivity contribution is -0.143. The number of nitrogens with zero attached hydrogens (tertiary/aromatic N) is 1. The van der Waals surface area contributed by atoms with Gasteiger partial charge in [0.05, 0.1) is 18.2 Å². The molecule has 0 aliphatic rings. The second-order valence-electron chi connectivity index (χ2n) is 7.74. The molecule has 3 aromatic carbocycles. The summed E-state index contributed by atoms with van der Waals surface area (Å²) in [5, 5.41) is 3.72. The van der Waals surface area contributed by atoms with E-state index in [1.165, 1.54) is 32.4 Å². The topological polar surface area (TPSA) is 66.4 Å². The number of carbonyl (C=O) groups excluding carboxylic acids is 1. The fraction of sp³-hybridized carbons (Fsp3) is 0.231. The second kappa shape index (κ2) is 11.9. The summed E-state index contributed by atoms with van der Waals surface area (Å²) in [6.45, 7) is -0.572. The highest BCUT2D eigenvalue weighted by Gasteiger charge is 2.36. The van der Waals surface area contributed by atoms with E-state index in [1.807, 2.05) is 0 Å². The fourth-order valence-electron chi connectivity index (χ4n) is 3.35. The molecule has 3 aromatic rings. The Labute approximate surface area is 213 Å². The summed E-state index contributed by atoms with van der Waals surface area (Å²) in [7, 11) is 2.47. The summed E-state index contributed by atoms with van der Waals surface area (Å²) in [5.41, 5.74) is -2.27. The number of rotatable bonds is 9. The molecule has 0 atom stereocenters. The number of hydrogen-bond acceptors (Lipinski definition) is 6. The van der Waals surface area contributed by atoms with Crippen LogP contribution in [0.3, 0.4) is 0 Å². The molecule has 3 rings (SSSR count). The average molecular weight is 541 g/mol. The van der Waals surface area contributed by atoms with Crippen LogP contribution < -0.4 is 9.47 Å². The lowest BCUT2D eigenvalue weighted by Crippen LogP contribution is -2.19. The lowest BCUT2D eigenvalue weighted by atomic mass is 10.0. The first-order chi connectivity index (χ1) is 17.9. The van der Waals surface area contributed by atoms with E-state index in [-0.39, 0.29) is 29.7 Å². The van der Waals surface area contributed by atoms with Crippen molar-refractivity contribution in [3.63, 3.8) is 0 Å². The van der Waals surface area contributed by atoms with E-state index < -0.39 is 36.1 Å². The van der Waals surface area contributed by atoms with Crippen molar-refractivity contribution in [1.29, 1.82) is 0 Å². The molecule has 0 N–H and O–H groups in total. The normalized spacial score (nSPS) is 12.2. The Kier molecular flexibility index (Phi) is 8.87. The first-order valence-corrected chi connectivity index (χ1v) is 10.8. The van der Waals surface area contributed by atoms with Gasteiger partial charge < -0.3 is 19.0 Å². The predicted molar refractivity (Wildman–Crippen MR) is 124 cm³/mol. The zero-order valence-electron chi connectivity index (χ0n) is 20.0. The molecule has 202 valence electrons. The molecular weight excluding hydrogens is 520 g/mol. The molecule has 0 saturated heterocycles. The third-order valence-electron chi connectivity index (χ3n) is 5.09. The van der Waals surface area contributed by atoms with Crippen molar-refractivity contribution in [2.45, 2.75) is 25.6 Å². The minimum Gasteiger partial charge on any atom is -0.489 e. The predicted octanol–water partition coefficient (Wildman–Crippen LogP) is 6.41. The molecule has 0 spiro atoms. The number of methoxy groups -OCH3 is 1. The summed E-state index contributed by atoms with van der Waals surface area (Å²) in [6, 6.07) is 14.0. The standard InChI is InChI=1S/C26H21F6NO5/c1-35-24(34)23(33-36-2)22-9-4-3-6-17(22)15-38-21-8-5-7-20(13-21)37-14-16-10-18(25(27,28)29)12-19(11-16)26(30,31)32/h3-13H,14-15H2,1-2H3/b33-23+. The van der Waals surface area contributed by atoms with Gasteiger partial charge in [0, 0.05) is 11.6 Å². The molecule has 0 heterocycles. The van der Waals surface area contributed by atoms with Crippen molar-refractivity contribution in [3.05, 3.63) is 94.5 Å². The summed E-state index contributed by atoms with van der Waals surface area (Å²) < 4.78 is 94.5. The van der Waals surface area contributed by atoms with Crippen molar-refractivity contribution < 1.29 is 50.2 Å². The zero-order chi connectivity index (χ0) is 27.9. The van der Waals surface area contributed by atoms with Crippen LogP contribution in [0.1, 0.15) is 27.8 Å². The highest BCUT2D eigenvalue weighted by Crippen LogP contribution is 2.36. The summed E-state index contributed by atoms with van der Waals surface area (Å²) in [4.78, 5) is 16.8. The number of carbonyl (C=O) groups is 1. The van der Waals surface area contributed by atoms with E-state index in [1.54, 1.807) is 30.3 Å². The maximum Gasteiger partial charge on any atom is 0.416 e. The van der Waals surface area contributed by atoms with Crippen LogP contribution in [-0.2, 0) is 39.9 Å². The van der Waals surface area contributed by atoms with Crippen LogP contribution in [0, 0.1) is 0 Å². The molecule has 0 fully saturated rings. The van der Waals surface area contributed by atoms with Crippen LogP contribution in [0.5, 0.6) is 11.5 Å². The van der Waals surface area contributed by atoms with E-state index in [2.05, 4.69) is 5.16 Å². The van der Waals surface area contributed by atoms with Crippen molar-refractivity contribution in [3.8, 4) is 11.5 Å². The molecule has 6 nitrogen and oxygen atoms in total. The zero-order valence-corrected chi connectivity index (χ0v) is 20.0. The van der Waals surface area contributed by atoms with Crippen LogP contribution >= 0.6 is 0 Å². The van der Waals surface area contributed by atoms with Gasteiger partial charge in [-0.1, -0.05) is 35.5 Å². The molecule has 0 amide bonds. The Morgan fingerprint density at radius 3 is 1.89 bits per heavy atom. The quantitative estimate of drug-likeness (QED) is 0.136. The van der Waals surface area contributed by atoms with E-state index in [9.17, 15) is 31.1 Å². The Balaban J connectivity index is 1.76. The van der Waals surface area contributed by atoms with E-state index in [4.69, 9.17) is 19.0 Å². The van der Waals surface area contributed by atoms with Gasteiger partial charge in [-0.05, 0) is 41.5 Å². The average Bonchev–Trinajstić information content (AvgIpc) is 2.88. The molecule has 0 radical (unpaired) electrons. The van der Waals surface area contributed by atoms with Crippen molar-refractivity contribution in [1.82, 2.24) is 0 Å². The number of benzene rings is 3. The van der Waals surface area contributed by atoms with Crippen LogP contribution in [0.15, 0.2) is 71.9 Å². The number of oxime groups is 1.